The summed E-state index contributed by atoms with van der Waals surface area (Å²) >= 11 is 2.94. The second kappa shape index (κ2) is 10.3. The molecule has 1 unspecified atom stereocenters. The fourth-order valence-corrected chi connectivity index (χ4v) is 4.83. The number of esters is 1. The predicted molar refractivity (Wildman–Crippen MR) is 127 cm³/mol. The third-order valence-corrected chi connectivity index (χ3v) is 6.70. The molecule has 0 saturated heterocycles. The molecule has 0 spiro atoms. The van der Waals surface area contributed by atoms with Gasteiger partial charge in [0.1, 0.15) is 5.01 Å². The van der Waals surface area contributed by atoms with Gasteiger partial charge in [0, 0.05) is 18.5 Å². The minimum Gasteiger partial charge on any atom is -0.448 e. The van der Waals surface area contributed by atoms with Gasteiger partial charge in [-0.1, -0.05) is 66.7 Å². The summed E-state index contributed by atoms with van der Waals surface area (Å²) in [5.41, 5.74) is 2.24. The molecule has 0 radical (unpaired) electrons. The van der Waals surface area contributed by atoms with E-state index < -0.39 is 12.1 Å². The van der Waals surface area contributed by atoms with E-state index in [-0.39, 0.29) is 11.6 Å². The summed E-state index contributed by atoms with van der Waals surface area (Å²) in [7, 11) is 0. The lowest BCUT2D eigenvalue weighted by Crippen LogP contribution is -2.39. The molecule has 1 atom stereocenters. The van der Waals surface area contributed by atoms with E-state index in [9.17, 15) is 9.59 Å². The van der Waals surface area contributed by atoms with Gasteiger partial charge in [0.25, 0.3) is 5.91 Å². The van der Waals surface area contributed by atoms with E-state index in [1.54, 1.807) is 28.5 Å². The van der Waals surface area contributed by atoms with Gasteiger partial charge in [0.05, 0.1) is 4.88 Å². The topological polar surface area (TPSA) is 59.5 Å². The first-order valence-corrected chi connectivity index (χ1v) is 11.9. The molecule has 2 aromatic carbocycles. The summed E-state index contributed by atoms with van der Waals surface area (Å²) < 4.78 is 5.50. The van der Waals surface area contributed by atoms with E-state index in [0.29, 0.717) is 13.1 Å². The van der Waals surface area contributed by atoms with Crippen molar-refractivity contribution >= 4 is 34.6 Å². The van der Waals surface area contributed by atoms with Gasteiger partial charge in [-0.15, -0.1) is 22.7 Å². The van der Waals surface area contributed by atoms with Crippen molar-refractivity contribution in [1.29, 1.82) is 0 Å². The maximum Gasteiger partial charge on any atom is 0.358 e. The molecule has 0 aliphatic heterocycles. The quantitative estimate of drug-likeness (QED) is 0.318. The summed E-state index contributed by atoms with van der Waals surface area (Å²) in [6.45, 7) is 2.46. The fourth-order valence-electron chi connectivity index (χ4n) is 3.23. The van der Waals surface area contributed by atoms with E-state index in [2.05, 4.69) is 4.98 Å². The SMILES string of the molecule is CC(OC(=O)c1csc(-c2cccs2)n1)C(=O)N(Cc1ccccc1)Cc1ccccc1. The number of carbonyl (C=O) groups is 2. The van der Waals surface area contributed by atoms with Crippen molar-refractivity contribution in [3.8, 4) is 9.88 Å². The van der Waals surface area contributed by atoms with Crippen LogP contribution in [0.15, 0.2) is 83.6 Å². The van der Waals surface area contributed by atoms with Crippen molar-refractivity contribution < 1.29 is 14.3 Å². The summed E-state index contributed by atoms with van der Waals surface area (Å²) in [6.07, 6.45) is -0.929. The van der Waals surface area contributed by atoms with Gasteiger partial charge in [-0.05, 0) is 29.5 Å². The molecule has 5 nitrogen and oxygen atoms in total. The number of benzene rings is 2. The van der Waals surface area contributed by atoms with Crippen LogP contribution in [0.1, 0.15) is 28.5 Å². The van der Waals surface area contributed by atoms with Crippen molar-refractivity contribution in [3.63, 3.8) is 0 Å². The lowest BCUT2D eigenvalue weighted by molar-refractivity contribution is -0.141. The number of hydrogen-bond acceptors (Lipinski definition) is 6. The Bertz CT molecular complexity index is 1120. The Labute approximate surface area is 194 Å². The van der Waals surface area contributed by atoms with Crippen LogP contribution in [0.5, 0.6) is 0 Å². The van der Waals surface area contributed by atoms with Crippen molar-refractivity contribution in [3.05, 3.63) is 100 Å². The molecule has 0 aliphatic rings. The third-order valence-electron chi connectivity index (χ3n) is 4.82. The molecule has 2 aromatic heterocycles. The van der Waals surface area contributed by atoms with Gasteiger partial charge in [0.2, 0.25) is 0 Å². The first-order chi connectivity index (χ1) is 15.6. The Morgan fingerprint density at radius 1 is 0.906 bits per heavy atom. The van der Waals surface area contributed by atoms with Crippen molar-refractivity contribution in [2.75, 3.05) is 0 Å². The molecule has 1 amide bonds. The summed E-state index contributed by atoms with van der Waals surface area (Å²) in [5.74, 6) is -0.843. The highest BCUT2D eigenvalue weighted by molar-refractivity contribution is 7.20. The number of thiophene rings is 1. The molecule has 0 saturated carbocycles. The van der Waals surface area contributed by atoms with Crippen LogP contribution in [0.2, 0.25) is 0 Å². The molecule has 0 N–H and O–H groups in total. The Morgan fingerprint density at radius 2 is 1.53 bits per heavy atom. The maximum atomic E-state index is 13.2. The van der Waals surface area contributed by atoms with Crippen molar-refractivity contribution in [2.45, 2.75) is 26.1 Å². The molecule has 0 aliphatic carbocycles. The molecule has 0 fully saturated rings. The van der Waals surface area contributed by atoms with E-state index in [0.717, 1.165) is 21.0 Å². The van der Waals surface area contributed by atoms with Crippen molar-refractivity contribution in [2.24, 2.45) is 0 Å². The number of rotatable bonds is 8. The smallest absolute Gasteiger partial charge is 0.358 e. The summed E-state index contributed by atoms with van der Waals surface area (Å²) in [5, 5.41) is 4.39. The fraction of sp³-hybridized carbons (Fsp3) is 0.160. The molecule has 32 heavy (non-hydrogen) atoms. The molecule has 7 heteroatoms. The largest absolute Gasteiger partial charge is 0.448 e. The number of carbonyl (C=O) groups excluding carboxylic acids is 2. The monoisotopic (exact) mass is 462 g/mol. The average Bonchev–Trinajstić information content (AvgIpc) is 3.51. The Morgan fingerprint density at radius 3 is 2.09 bits per heavy atom. The third kappa shape index (κ3) is 5.49. The van der Waals surface area contributed by atoms with Gasteiger partial charge in [-0.25, -0.2) is 9.78 Å². The zero-order chi connectivity index (χ0) is 22.3. The summed E-state index contributed by atoms with van der Waals surface area (Å²) in [4.78, 5) is 33.0. The van der Waals surface area contributed by atoms with E-state index in [1.165, 1.54) is 11.3 Å². The minimum absolute atomic E-state index is 0.218. The Balaban J connectivity index is 1.46. The molecular weight excluding hydrogens is 440 g/mol. The molecule has 4 aromatic rings. The number of ether oxygens (including phenoxy) is 1. The van der Waals surface area contributed by atoms with Gasteiger partial charge in [0.15, 0.2) is 11.8 Å². The molecule has 2 heterocycles. The Kier molecular flexibility index (Phi) is 7.09. The molecule has 4 rings (SSSR count). The van der Waals surface area contributed by atoms with Crippen LogP contribution in [0, 0.1) is 0 Å². The number of aromatic nitrogens is 1. The average molecular weight is 463 g/mol. The van der Waals surface area contributed by atoms with Crippen LogP contribution < -0.4 is 0 Å². The van der Waals surface area contributed by atoms with E-state index >= 15 is 0 Å². The minimum atomic E-state index is -0.929. The highest BCUT2D eigenvalue weighted by atomic mass is 32.1. The van der Waals surface area contributed by atoms with Gasteiger partial charge >= 0.3 is 5.97 Å². The zero-order valence-corrected chi connectivity index (χ0v) is 19.1. The number of amides is 1. The summed E-state index contributed by atoms with van der Waals surface area (Å²) in [6, 6.07) is 23.4. The van der Waals surface area contributed by atoms with Crippen LogP contribution in [0.4, 0.5) is 0 Å². The lowest BCUT2D eigenvalue weighted by atomic mass is 10.1. The van der Waals surface area contributed by atoms with Crippen LogP contribution in [-0.4, -0.2) is 27.9 Å². The highest BCUT2D eigenvalue weighted by Gasteiger charge is 2.26. The second-order valence-corrected chi connectivity index (χ2v) is 9.03. The number of nitrogens with zero attached hydrogens (tertiary/aromatic N) is 2. The van der Waals surface area contributed by atoms with Crippen LogP contribution in [0.25, 0.3) is 9.88 Å². The molecule has 162 valence electrons. The standard InChI is InChI=1S/C25H22N2O3S2/c1-18(30-25(29)21-17-32-23(26-21)22-13-8-14-31-22)24(28)27(15-19-9-4-2-5-10-19)16-20-11-6-3-7-12-20/h2-14,17-18H,15-16H2,1H3. The van der Waals surface area contributed by atoms with Gasteiger partial charge in [-0.3, -0.25) is 4.79 Å². The lowest BCUT2D eigenvalue weighted by Gasteiger charge is -2.26. The van der Waals surface area contributed by atoms with E-state index in [1.807, 2.05) is 78.2 Å². The van der Waals surface area contributed by atoms with Crippen LogP contribution >= 0.6 is 22.7 Å². The Hall–Kier alpha value is -3.29. The second-order valence-electron chi connectivity index (χ2n) is 7.23. The normalized spacial score (nSPS) is 11.7. The first-order valence-electron chi connectivity index (χ1n) is 10.2. The van der Waals surface area contributed by atoms with Gasteiger partial charge < -0.3 is 9.64 Å². The zero-order valence-electron chi connectivity index (χ0n) is 17.5. The molecular formula is C25H22N2O3S2. The number of hydrogen-bond donors (Lipinski definition) is 0. The predicted octanol–water partition coefficient (Wildman–Crippen LogP) is 5.65. The maximum absolute atomic E-state index is 13.2. The van der Waals surface area contributed by atoms with E-state index in [4.69, 9.17) is 4.74 Å². The van der Waals surface area contributed by atoms with Crippen LogP contribution in [-0.2, 0) is 22.6 Å². The number of thiazole rings is 1. The van der Waals surface area contributed by atoms with Crippen molar-refractivity contribution in [1.82, 2.24) is 9.88 Å². The van der Waals surface area contributed by atoms with Crippen LogP contribution in [0.3, 0.4) is 0 Å². The van der Waals surface area contributed by atoms with Gasteiger partial charge in [-0.2, -0.15) is 0 Å². The first kappa shape index (κ1) is 21.9. The molecule has 0 bridgehead atoms. The highest BCUT2D eigenvalue weighted by Crippen LogP contribution is 2.28.